The second-order valence-electron chi connectivity index (χ2n) is 4.57. The maximum Gasteiger partial charge on any atom is 0.224 e. The molecule has 2 aliphatic rings. The molecule has 2 saturated heterocycles. The van der Waals surface area contributed by atoms with Gasteiger partial charge in [0.25, 0.3) is 0 Å². The third-order valence-corrected chi connectivity index (χ3v) is 4.30. The molecule has 16 heavy (non-hydrogen) atoms. The largest absolute Gasteiger partial charge is 0.391 e. The Kier molecular flexibility index (Phi) is 4.49. The minimum Gasteiger partial charge on any atom is -0.391 e. The lowest BCUT2D eigenvalue weighted by molar-refractivity contribution is -0.134. The molecule has 0 aliphatic carbocycles. The first-order chi connectivity index (χ1) is 7.75. The molecule has 92 valence electrons. The van der Waals surface area contributed by atoms with Crippen LogP contribution in [0.4, 0.5) is 0 Å². The predicted octanol–water partition coefficient (Wildman–Crippen LogP) is 0.0648. The van der Waals surface area contributed by atoms with Gasteiger partial charge in [0, 0.05) is 43.6 Å². The lowest BCUT2D eigenvalue weighted by Gasteiger charge is -2.32. The molecule has 0 bridgehead atoms. The van der Waals surface area contributed by atoms with Crippen LogP contribution in [0.3, 0.4) is 0 Å². The highest BCUT2D eigenvalue weighted by atomic mass is 32.2. The molecular weight excluding hydrogens is 224 g/mol. The normalized spacial score (nSPS) is 31.4. The lowest BCUT2D eigenvalue weighted by Crippen LogP contribution is -2.46. The quantitative estimate of drug-likeness (QED) is 0.721. The average Bonchev–Trinajstić information content (AvgIpc) is 2.30. The third kappa shape index (κ3) is 3.37. The van der Waals surface area contributed by atoms with Crippen LogP contribution in [0.25, 0.3) is 0 Å². The summed E-state index contributed by atoms with van der Waals surface area (Å²) in [6.07, 6.45) is 2.03. The number of carbonyl (C=O) groups is 1. The first-order valence-electron chi connectivity index (χ1n) is 6.02. The van der Waals surface area contributed by atoms with Gasteiger partial charge in [0.1, 0.15) is 0 Å². The van der Waals surface area contributed by atoms with Crippen LogP contribution < -0.4 is 5.32 Å². The van der Waals surface area contributed by atoms with Gasteiger partial charge in [-0.1, -0.05) is 0 Å². The number of hydrogen-bond acceptors (Lipinski definition) is 4. The maximum absolute atomic E-state index is 12.0. The van der Waals surface area contributed by atoms with Crippen LogP contribution in [-0.4, -0.2) is 59.2 Å². The standard InChI is InChI=1S/C11H20N2O2S/c14-10-2-1-4-13(7-10)11(15)6-9-8-16-5-3-12-9/h9-10,12,14H,1-8H2. The van der Waals surface area contributed by atoms with Gasteiger partial charge in [0.2, 0.25) is 5.91 Å². The molecule has 0 spiro atoms. The zero-order valence-corrected chi connectivity index (χ0v) is 10.3. The van der Waals surface area contributed by atoms with Gasteiger partial charge in [-0.25, -0.2) is 0 Å². The molecule has 2 fully saturated rings. The Morgan fingerprint density at radius 3 is 3.12 bits per heavy atom. The van der Waals surface area contributed by atoms with E-state index in [2.05, 4.69) is 5.32 Å². The van der Waals surface area contributed by atoms with E-state index in [4.69, 9.17) is 0 Å². The number of amides is 1. The fourth-order valence-corrected chi connectivity index (χ4v) is 3.22. The third-order valence-electron chi connectivity index (χ3n) is 3.17. The number of aliphatic hydroxyl groups is 1. The van der Waals surface area contributed by atoms with Crippen molar-refractivity contribution in [3.63, 3.8) is 0 Å². The number of aliphatic hydroxyl groups excluding tert-OH is 1. The fourth-order valence-electron chi connectivity index (χ4n) is 2.27. The summed E-state index contributed by atoms with van der Waals surface area (Å²) in [6.45, 7) is 2.35. The van der Waals surface area contributed by atoms with E-state index in [9.17, 15) is 9.90 Å². The Bertz CT molecular complexity index is 244. The molecule has 2 aliphatic heterocycles. The maximum atomic E-state index is 12.0. The summed E-state index contributed by atoms with van der Waals surface area (Å²) < 4.78 is 0. The number of nitrogens with zero attached hydrogens (tertiary/aromatic N) is 1. The van der Waals surface area contributed by atoms with E-state index in [-0.39, 0.29) is 12.0 Å². The number of piperidine rings is 1. The highest BCUT2D eigenvalue weighted by Crippen LogP contribution is 2.14. The van der Waals surface area contributed by atoms with E-state index in [0.717, 1.165) is 37.4 Å². The average molecular weight is 244 g/mol. The topological polar surface area (TPSA) is 52.6 Å². The summed E-state index contributed by atoms with van der Waals surface area (Å²) in [5.74, 6) is 2.37. The lowest BCUT2D eigenvalue weighted by atomic mass is 10.1. The first-order valence-corrected chi connectivity index (χ1v) is 7.18. The molecular formula is C11H20N2O2S. The van der Waals surface area contributed by atoms with Crippen LogP contribution in [0.15, 0.2) is 0 Å². The summed E-state index contributed by atoms with van der Waals surface area (Å²) in [7, 11) is 0. The van der Waals surface area contributed by atoms with E-state index in [1.807, 2.05) is 16.7 Å². The van der Waals surface area contributed by atoms with E-state index >= 15 is 0 Å². The summed E-state index contributed by atoms with van der Waals surface area (Å²) in [4.78, 5) is 13.8. The number of β-amino-alcohol motifs (C(OH)–C–C–N with tert-alkyl or cyclic N) is 1. The van der Waals surface area contributed by atoms with Crippen molar-refractivity contribution in [2.75, 3.05) is 31.1 Å². The van der Waals surface area contributed by atoms with Crippen LogP contribution >= 0.6 is 11.8 Å². The molecule has 0 aromatic rings. The van der Waals surface area contributed by atoms with Crippen LogP contribution in [-0.2, 0) is 4.79 Å². The Balaban J connectivity index is 1.77. The van der Waals surface area contributed by atoms with Gasteiger partial charge in [0.15, 0.2) is 0 Å². The van der Waals surface area contributed by atoms with Gasteiger partial charge in [-0.3, -0.25) is 4.79 Å². The Labute approximate surface area is 101 Å². The van der Waals surface area contributed by atoms with Gasteiger partial charge in [-0.15, -0.1) is 0 Å². The molecule has 0 radical (unpaired) electrons. The molecule has 2 rings (SSSR count). The minimum atomic E-state index is -0.314. The SMILES string of the molecule is O=C(CC1CSCCN1)N1CCCC(O)C1. The molecule has 2 unspecified atom stereocenters. The van der Waals surface area contributed by atoms with Crippen LogP contribution in [0.2, 0.25) is 0 Å². The van der Waals surface area contributed by atoms with Crippen LogP contribution in [0.1, 0.15) is 19.3 Å². The highest BCUT2D eigenvalue weighted by Gasteiger charge is 2.24. The summed E-state index contributed by atoms with van der Waals surface area (Å²) >= 11 is 1.91. The smallest absolute Gasteiger partial charge is 0.224 e. The zero-order valence-electron chi connectivity index (χ0n) is 9.52. The number of likely N-dealkylation sites (tertiary alicyclic amines) is 1. The van der Waals surface area contributed by atoms with Crippen molar-refractivity contribution in [1.82, 2.24) is 10.2 Å². The van der Waals surface area contributed by atoms with E-state index in [1.54, 1.807) is 0 Å². The molecule has 0 saturated carbocycles. The predicted molar refractivity (Wildman–Crippen MR) is 65.6 cm³/mol. The monoisotopic (exact) mass is 244 g/mol. The van der Waals surface area contributed by atoms with Crippen molar-refractivity contribution in [2.45, 2.75) is 31.4 Å². The Hall–Kier alpha value is -0.260. The van der Waals surface area contributed by atoms with Crippen molar-refractivity contribution >= 4 is 17.7 Å². The molecule has 5 heteroatoms. The molecule has 1 amide bonds. The second-order valence-corrected chi connectivity index (χ2v) is 5.72. The number of thioether (sulfide) groups is 1. The summed E-state index contributed by atoms with van der Waals surface area (Å²) in [6, 6.07) is 0.324. The van der Waals surface area contributed by atoms with Crippen LogP contribution in [0, 0.1) is 0 Å². The zero-order chi connectivity index (χ0) is 11.4. The van der Waals surface area contributed by atoms with E-state index < -0.39 is 0 Å². The van der Waals surface area contributed by atoms with Gasteiger partial charge in [-0.05, 0) is 12.8 Å². The molecule has 0 aromatic heterocycles. The number of hydrogen-bond donors (Lipinski definition) is 2. The summed E-state index contributed by atoms with van der Waals surface area (Å²) in [5.41, 5.74) is 0. The van der Waals surface area contributed by atoms with Crippen molar-refractivity contribution in [2.24, 2.45) is 0 Å². The fraction of sp³-hybridized carbons (Fsp3) is 0.909. The molecule has 2 atom stereocenters. The summed E-state index contributed by atoms with van der Waals surface area (Å²) in [5, 5.41) is 12.9. The number of carbonyl (C=O) groups excluding carboxylic acids is 1. The first kappa shape index (κ1) is 12.2. The highest BCUT2D eigenvalue weighted by molar-refractivity contribution is 7.99. The Morgan fingerprint density at radius 2 is 2.44 bits per heavy atom. The van der Waals surface area contributed by atoms with Crippen molar-refractivity contribution < 1.29 is 9.90 Å². The van der Waals surface area contributed by atoms with E-state index in [1.165, 1.54) is 0 Å². The van der Waals surface area contributed by atoms with Gasteiger partial charge in [-0.2, -0.15) is 11.8 Å². The molecule has 0 aromatic carbocycles. The minimum absolute atomic E-state index is 0.193. The van der Waals surface area contributed by atoms with Crippen molar-refractivity contribution in [3.05, 3.63) is 0 Å². The number of nitrogens with one attached hydrogen (secondary N) is 1. The van der Waals surface area contributed by atoms with Gasteiger partial charge >= 0.3 is 0 Å². The van der Waals surface area contributed by atoms with Crippen LogP contribution in [0.5, 0.6) is 0 Å². The Morgan fingerprint density at radius 1 is 1.56 bits per heavy atom. The molecule has 2 N–H and O–H groups in total. The van der Waals surface area contributed by atoms with Gasteiger partial charge in [0.05, 0.1) is 6.10 Å². The molecule has 2 heterocycles. The van der Waals surface area contributed by atoms with Crippen molar-refractivity contribution in [3.8, 4) is 0 Å². The molecule has 4 nitrogen and oxygen atoms in total. The van der Waals surface area contributed by atoms with Crippen molar-refractivity contribution in [1.29, 1.82) is 0 Å². The second kappa shape index (κ2) is 5.89. The number of rotatable bonds is 2. The van der Waals surface area contributed by atoms with Gasteiger partial charge < -0.3 is 15.3 Å². The van der Waals surface area contributed by atoms with E-state index in [0.29, 0.717) is 19.0 Å².